The maximum atomic E-state index is 5.92. The Morgan fingerprint density at radius 3 is 2.65 bits per heavy atom. The van der Waals surface area contributed by atoms with Crippen molar-refractivity contribution in [3.8, 4) is 0 Å². The standard InChI is InChI=1S/C12H20ClNO2S/c1-3-6-15-7-8-16-12(9(2)14)10-4-5-11(13)17-10/h4-5,9,12H,3,6-8,14H2,1-2H3. The average molecular weight is 278 g/mol. The second-order valence-electron chi connectivity index (χ2n) is 3.90. The summed E-state index contributed by atoms with van der Waals surface area (Å²) in [7, 11) is 0. The Kier molecular flexibility index (Phi) is 7.08. The largest absolute Gasteiger partial charge is 0.379 e. The normalized spacial score (nSPS) is 14.8. The topological polar surface area (TPSA) is 44.5 Å². The highest BCUT2D eigenvalue weighted by atomic mass is 35.5. The lowest BCUT2D eigenvalue weighted by Gasteiger charge is -2.20. The molecule has 17 heavy (non-hydrogen) atoms. The molecular formula is C12H20ClNO2S. The minimum absolute atomic E-state index is 0.0594. The van der Waals surface area contributed by atoms with Gasteiger partial charge < -0.3 is 15.2 Å². The van der Waals surface area contributed by atoms with Gasteiger partial charge in [0.25, 0.3) is 0 Å². The lowest BCUT2D eigenvalue weighted by Crippen LogP contribution is -2.27. The fourth-order valence-corrected chi connectivity index (χ4v) is 2.68. The molecule has 0 radical (unpaired) electrons. The van der Waals surface area contributed by atoms with Gasteiger partial charge in [-0.05, 0) is 25.5 Å². The van der Waals surface area contributed by atoms with E-state index < -0.39 is 0 Å². The first kappa shape index (κ1) is 14.9. The van der Waals surface area contributed by atoms with Crippen LogP contribution in [0.5, 0.6) is 0 Å². The van der Waals surface area contributed by atoms with Gasteiger partial charge in [-0.15, -0.1) is 11.3 Å². The van der Waals surface area contributed by atoms with Crippen LogP contribution >= 0.6 is 22.9 Å². The van der Waals surface area contributed by atoms with Crippen molar-refractivity contribution in [1.82, 2.24) is 0 Å². The highest BCUT2D eigenvalue weighted by Gasteiger charge is 2.18. The zero-order valence-corrected chi connectivity index (χ0v) is 11.9. The third-order valence-electron chi connectivity index (χ3n) is 2.23. The molecule has 1 aromatic heterocycles. The zero-order valence-electron chi connectivity index (χ0n) is 10.3. The minimum atomic E-state index is -0.0993. The van der Waals surface area contributed by atoms with E-state index in [4.69, 9.17) is 26.8 Å². The van der Waals surface area contributed by atoms with E-state index in [-0.39, 0.29) is 12.1 Å². The second kappa shape index (κ2) is 8.06. The molecule has 0 saturated heterocycles. The molecule has 0 spiro atoms. The molecule has 0 aliphatic heterocycles. The minimum Gasteiger partial charge on any atom is -0.379 e. The summed E-state index contributed by atoms with van der Waals surface area (Å²) in [6, 6.07) is 3.78. The molecule has 1 aromatic rings. The lowest BCUT2D eigenvalue weighted by atomic mass is 10.1. The first-order valence-electron chi connectivity index (χ1n) is 5.85. The maximum absolute atomic E-state index is 5.92. The van der Waals surface area contributed by atoms with Crippen LogP contribution in [0.2, 0.25) is 4.34 Å². The lowest BCUT2D eigenvalue weighted by molar-refractivity contribution is -0.00316. The Balaban J connectivity index is 2.39. The number of nitrogens with two attached hydrogens (primary N) is 1. The first-order valence-corrected chi connectivity index (χ1v) is 7.04. The van der Waals surface area contributed by atoms with Crippen LogP contribution in [0, 0.1) is 0 Å². The summed E-state index contributed by atoms with van der Waals surface area (Å²) in [6.07, 6.45) is 0.926. The molecule has 98 valence electrons. The van der Waals surface area contributed by atoms with E-state index in [1.807, 2.05) is 19.1 Å². The molecule has 1 rings (SSSR count). The van der Waals surface area contributed by atoms with Gasteiger partial charge in [0.05, 0.1) is 17.6 Å². The third-order valence-corrected chi connectivity index (χ3v) is 3.52. The molecule has 0 aliphatic rings. The van der Waals surface area contributed by atoms with Crippen LogP contribution in [0.1, 0.15) is 31.2 Å². The monoisotopic (exact) mass is 277 g/mol. The SMILES string of the molecule is CCCOCCOC(c1ccc(Cl)s1)C(C)N. The van der Waals surface area contributed by atoms with E-state index >= 15 is 0 Å². The van der Waals surface area contributed by atoms with Gasteiger partial charge in [0.15, 0.2) is 0 Å². The Morgan fingerprint density at radius 1 is 1.35 bits per heavy atom. The maximum Gasteiger partial charge on any atom is 0.107 e. The summed E-state index contributed by atoms with van der Waals surface area (Å²) in [5, 5.41) is 0. The predicted octanol–water partition coefficient (Wildman–Crippen LogP) is 3.23. The third kappa shape index (κ3) is 5.36. The Morgan fingerprint density at radius 2 is 2.12 bits per heavy atom. The van der Waals surface area contributed by atoms with Crippen LogP contribution in [-0.4, -0.2) is 25.9 Å². The van der Waals surface area contributed by atoms with Crippen molar-refractivity contribution in [2.45, 2.75) is 32.4 Å². The zero-order chi connectivity index (χ0) is 12.7. The van der Waals surface area contributed by atoms with Gasteiger partial charge in [-0.3, -0.25) is 0 Å². The summed E-state index contributed by atoms with van der Waals surface area (Å²) in [5.41, 5.74) is 5.92. The number of ether oxygens (including phenoxy) is 2. The van der Waals surface area contributed by atoms with Gasteiger partial charge in [-0.2, -0.15) is 0 Å². The Labute approximate surface area is 112 Å². The molecule has 0 saturated carbocycles. The van der Waals surface area contributed by atoms with Crippen molar-refractivity contribution in [3.05, 3.63) is 21.3 Å². The van der Waals surface area contributed by atoms with E-state index in [1.54, 1.807) is 0 Å². The van der Waals surface area contributed by atoms with E-state index in [0.29, 0.717) is 13.2 Å². The van der Waals surface area contributed by atoms with Crippen LogP contribution in [0.15, 0.2) is 12.1 Å². The van der Waals surface area contributed by atoms with Gasteiger partial charge in [-0.1, -0.05) is 18.5 Å². The summed E-state index contributed by atoms with van der Waals surface area (Å²) in [4.78, 5) is 1.07. The van der Waals surface area contributed by atoms with E-state index in [1.165, 1.54) is 11.3 Å². The predicted molar refractivity (Wildman–Crippen MR) is 72.8 cm³/mol. The van der Waals surface area contributed by atoms with Crippen molar-refractivity contribution < 1.29 is 9.47 Å². The van der Waals surface area contributed by atoms with Crippen LogP contribution in [0.4, 0.5) is 0 Å². The molecular weight excluding hydrogens is 258 g/mol. The molecule has 5 heteroatoms. The van der Waals surface area contributed by atoms with Gasteiger partial charge in [-0.25, -0.2) is 0 Å². The smallest absolute Gasteiger partial charge is 0.107 e. The summed E-state index contributed by atoms with van der Waals surface area (Å²) in [6.45, 7) is 5.96. The number of hydrogen-bond acceptors (Lipinski definition) is 4. The van der Waals surface area contributed by atoms with Crippen molar-refractivity contribution in [3.63, 3.8) is 0 Å². The number of rotatable bonds is 8. The molecule has 3 nitrogen and oxygen atoms in total. The van der Waals surface area contributed by atoms with E-state index in [2.05, 4.69) is 6.92 Å². The van der Waals surface area contributed by atoms with Crippen molar-refractivity contribution >= 4 is 22.9 Å². The second-order valence-corrected chi connectivity index (χ2v) is 5.65. The van der Waals surface area contributed by atoms with Crippen molar-refractivity contribution in [2.24, 2.45) is 5.73 Å². The Hall–Kier alpha value is -0.130. The number of halogens is 1. The molecule has 0 amide bonds. The van der Waals surface area contributed by atoms with Crippen LogP contribution in [-0.2, 0) is 9.47 Å². The molecule has 1 heterocycles. The van der Waals surface area contributed by atoms with E-state index in [9.17, 15) is 0 Å². The number of hydrogen-bond donors (Lipinski definition) is 1. The molecule has 0 fully saturated rings. The molecule has 0 aliphatic carbocycles. The first-order chi connectivity index (χ1) is 8.15. The quantitative estimate of drug-likeness (QED) is 0.742. The highest BCUT2D eigenvalue weighted by Crippen LogP contribution is 2.30. The highest BCUT2D eigenvalue weighted by molar-refractivity contribution is 7.16. The van der Waals surface area contributed by atoms with Gasteiger partial charge >= 0.3 is 0 Å². The van der Waals surface area contributed by atoms with Crippen molar-refractivity contribution in [1.29, 1.82) is 0 Å². The number of thiophene rings is 1. The molecule has 0 bridgehead atoms. The fraction of sp³-hybridized carbons (Fsp3) is 0.667. The summed E-state index contributed by atoms with van der Waals surface area (Å²) < 4.78 is 11.9. The molecule has 2 atom stereocenters. The molecule has 0 aromatic carbocycles. The Bertz CT molecular complexity index is 317. The van der Waals surface area contributed by atoms with Gasteiger partial charge in [0.2, 0.25) is 0 Å². The van der Waals surface area contributed by atoms with Gasteiger partial charge in [0, 0.05) is 17.5 Å². The molecule has 2 N–H and O–H groups in total. The van der Waals surface area contributed by atoms with Crippen LogP contribution in [0.25, 0.3) is 0 Å². The summed E-state index contributed by atoms with van der Waals surface area (Å²) in [5.74, 6) is 0. The van der Waals surface area contributed by atoms with Crippen LogP contribution < -0.4 is 5.73 Å². The van der Waals surface area contributed by atoms with Crippen molar-refractivity contribution in [2.75, 3.05) is 19.8 Å². The van der Waals surface area contributed by atoms with Crippen LogP contribution in [0.3, 0.4) is 0 Å². The van der Waals surface area contributed by atoms with Gasteiger partial charge in [0.1, 0.15) is 6.10 Å². The average Bonchev–Trinajstić information content (AvgIpc) is 2.69. The van der Waals surface area contributed by atoms with E-state index in [0.717, 1.165) is 22.2 Å². The molecule has 2 unspecified atom stereocenters. The fourth-order valence-electron chi connectivity index (χ4n) is 1.45. The summed E-state index contributed by atoms with van der Waals surface area (Å²) >= 11 is 7.42.